The van der Waals surface area contributed by atoms with Crippen LogP contribution < -0.4 is 0 Å². The summed E-state index contributed by atoms with van der Waals surface area (Å²) in [7, 11) is 4.85. The number of carbonyl (C=O) groups is 4. The van der Waals surface area contributed by atoms with E-state index in [1.165, 1.54) is 10.5 Å². The van der Waals surface area contributed by atoms with Crippen LogP contribution in [0.2, 0.25) is 0 Å². The number of hydrogen-bond donors (Lipinski definition) is 1. The van der Waals surface area contributed by atoms with Gasteiger partial charge >= 0.3 is 5.97 Å². The van der Waals surface area contributed by atoms with Crippen molar-refractivity contribution in [3.05, 3.63) is 59.2 Å². The van der Waals surface area contributed by atoms with Crippen LogP contribution in [0.25, 0.3) is 0 Å². The van der Waals surface area contributed by atoms with Crippen molar-refractivity contribution in [2.75, 3.05) is 34.5 Å². The molecule has 0 aromatic heterocycles. The van der Waals surface area contributed by atoms with Gasteiger partial charge in [-0.3, -0.25) is 14.4 Å². The summed E-state index contributed by atoms with van der Waals surface area (Å²) in [4.78, 5) is 58.3. The number of ketones is 2. The molecule has 1 aromatic carbocycles. The van der Waals surface area contributed by atoms with E-state index in [2.05, 4.69) is 43.3 Å². The molecule has 1 saturated carbocycles. The number of carbonyl (C=O) groups excluding carboxylic acids is 4. The number of methoxy groups -OCH3 is 3. The molecule has 4 aliphatic rings. The maximum absolute atomic E-state index is 14.5. The van der Waals surface area contributed by atoms with Gasteiger partial charge in [-0.05, 0) is 126 Å². The fourth-order valence-electron chi connectivity index (χ4n) is 10.7. The minimum Gasteiger partial charge on any atom is -0.456 e. The Morgan fingerprint density at radius 3 is 2.28 bits per heavy atom. The van der Waals surface area contributed by atoms with E-state index in [0.29, 0.717) is 58.0 Å². The first-order valence-electron chi connectivity index (χ1n) is 24.2. The molecule has 64 heavy (non-hydrogen) atoms. The van der Waals surface area contributed by atoms with Gasteiger partial charge in [0.2, 0.25) is 5.79 Å². The molecule has 13 atom stereocenters. The third kappa shape index (κ3) is 13.2. The number of amides is 1. The molecule has 3 heterocycles. The highest BCUT2D eigenvalue weighted by Gasteiger charge is 2.56. The van der Waals surface area contributed by atoms with Crippen molar-refractivity contribution in [1.29, 1.82) is 0 Å². The van der Waals surface area contributed by atoms with Crippen LogP contribution >= 0.6 is 0 Å². The summed E-state index contributed by atoms with van der Waals surface area (Å²) in [6.45, 7) is 12.7. The van der Waals surface area contributed by atoms with Crippen molar-refractivity contribution in [2.24, 2.45) is 29.6 Å². The number of cyclic esters (lactones) is 1. The summed E-state index contributed by atoms with van der Waals surface area (Å²) in [5.41, 5.74) is 3.26. The maximum Gasteiger partial charge on any atom is 0.329 e. The largest absolute Gasteiger partial charge is 0.456 e. The van der Waals surface area contributed by atoms with Crippen LogP contribution in [0.1, 0.15) is 131 Å². The molecule has 2 bridgehead atoms. The third-order valence-corrected chi connectivity index (χ3v) is 14.5. The molecule has 1 aromatic rings. The first kappa shape index (κ1) is 51.7. The lowest BCUT2D eigenvalue weighted by molar-refractivity contribution is -0.302. The van der Waals surface area contributed by atoms with E-state index in [1.54, 1.807) is 28.3 Å². The smallest absolute Gasteiger partial charge is 0.329 e. The van der Waals surface area contributed by atoms with E-state index in [4.69, 9.17) is 28.4 Å². The number of rotatable bonds is 11. The topological polar surface area (TPSA) is 147 Å². The van der Waals surface area contributed by atoms with Gasteiger partial charge in [0.05, 0.1) is 24.4 Å². The average molecular weight is 894 g/mol. The molecule has 12 heteroatoms. The fraction of sp³-hybridized carbons (Fsp3) is 0.731. The van der Waals surface area contributed by atoms with Crippen molar-refractivity contribution in [1.82, 2.24) is 4.90 Å². The van der Waals surface area contributed by atoms with Crippen LogP contribution in [0, 0.1) is 29.6 Å². The fourth-order valence-corrected chi connectivity index (χ4v) is 10.7. The average Bonchev–Trinajstić information content (AvgIpc) is 3.30. The molecule has 1 aliphatic carbocycles. The second-order valence-electron chi connectivity index (χ2n) is 19.5. The van der Waals surface area contributed by atoms with Crippen molar-refractivity contribution < 1.29 is 52.7 Å². The number of aryl methyl sites for hydroxylation is 1. The SMILES string of the molecule is CCC1/C=C(\C)CC(C)CC(OC)C2OC(O)(C(=O)C(=O)N3CCCCC3C(=O)OC(C(C)=CC3CCC(OCCCc4ccccc4)C(OC)C3)C(C)CCC1=O)C(C)CC2OC. The lowest BCUT2D eigenvalue weighted by Gasteiger charge is -2.47. The Labute approximate surface area is 383 Å². The quantitative estimate of drug-likeness (QED) is 0.0994. The number of allylic oxidation sites excluding steroid dienone is 3. The second-order valence-corrected chi connectivity index (χ2v) is 19.5. The number of benzene rings is 1. The van der Waals surface area contributed by atoms with Gasteiger partial charge < -0.3 is 38.4 Å². The Hall–Kier alpha value is -3.26. The summed E-state index contributed by atoms with van der Waals surface area (Å²) < 4.78 is 37.0. The van der Waals surface area contributed by atoms with Crippen LogP contribution in [0.4, 0.5) is 0 Å². The monoisotopic (exact) mass is 894 g/mol. The number of fused-ring (bicyclic) bond motifs is 3. The first-order chi connectivity index (χ1) is 30.6. The van der Waals surface area contributed by atoms with Crippen LogP contribution in [0.15, 0.2) is 53.6 Å². The molecule has 3 aliphatic heterocycles. The van der Waals surface area contributed by atoms with Gasteiger partial charge in [-0.15, -0.1) is 0 Å². The number of Topliss-reactive ketones (excluding diaryl/α,β-unsaturated/α-hetero) is 2. The van der Waals surface area contributed by atoms with Crippen LogP contribution in [0.3, 0.4) is 0 Å². The second kappa shape index (κ2) is 24.5. The zero-order valence-corrected chi connectivity index (χ0v) is 40.3. The van der Waals surface area contributed by atoms with E-state index in [1.807, 2.05) is 33.8 Å². The Bertz CT molecular complexity index is 1750. The molecule has 358 valence electrons. The van der Waals surface area contributed by atoms with Crippen LogP contribution in [-0.2, 0) is 54.0 Å². The molecule has 1 N–H and O–H groups in total. The number of esters is 1. The Morgan fingerprint density at radius 1 is 0.891 bits per heavy atom. The standard InChI is InChI=1S/C52H79NO11/c1-10-40-28-33(2)27-34(3)29-45(60-8)48-46(61-9)31-37(6)52(58,64-48)49(55)50(56)53-25-15-14-20-41(53)51(57)63-47(35(4)21-23-42(40)54)36(5)30-39-22-24-43(44(32-39)59-7)62-26-16-19-38-17-12-11-13-18-38/h11-13,17-18,28,30,34-35,37,39-41,43-48,58H,10,14-16,19-27,29,31-32H2,1-9H3/b33-28+,36-30?. The Morgan fingerprint density at radius 2 is 1.59 bits per heavy atom. The number of piperidine rings is 1. The molecule has 5 rings (SSSR count). The summed E-state index contributed by atoms with van der Waals surface area (Å²) in [5.74, 6) is -6.04. The van der Waals surface area contributed by atoms with E-state index in [0.717, 1.165) is 43.3 Å². The van der Waals surface area contributed by atoms with Crippen molar-refractivity contribution in [3.8, 4) is 0 Å². The number of aliphatic hydroxyl groups is 1. The highest BCUT2D eigenvalue weighted by Crippen LogP contribution is 2.39. The molecule has 13 unspecified atom stereocenters. The summed E-state index contributed by atoms with van der Waals surface area (Å²) in [6.07, 6.45) is 10.4. The van der Waals surface area contributed by atoms with Gasteiger partial charge in [0.15, 0.2) is 0 Å². The number of ether oxygens (including phenoxy) is 6. The number of hydrogen-bond acceptors (Lipinski definition) is 11. The van der Waals surface area contributed by atoms with Gasteiger partial charge in [0.25, 0.3) is 11.7 Å². The molecule has 1 amide bonds. The van der Waals surface area contributed by atoms with Crippen molar-refractivity contribution in [2.45, 2.75) is 180 Å². The predicted molar refractivity (Wildman–Crippen MR) is 245 cm³/mol. The van der Waals surface area contributed by atoms with Gasteiger partial charge in [0.1, 0.15) is 24.0 Å². The lowest BCUT2D eigenvalue weighted by Crippen LogP contribution is -2.64. The Kier molecular flexibility index (Phi) is 19.8. The summed E-state index contributed by atoms with van der Waals surface area (Å²) >= 11 is 0. The predicted octanol–water partition coefficient (Wildman–Crippen LogP) is 8.16. The lowest BCUT2D eigenvalue weighted by atomic mass is 9.82. The first-order valence-corrected chi connectivity index (χ1v) is 24.2. The minimum atomic E-state index is -2.46. The van der Waals surface area contributed by atoms with E-state index < -0.39 is 59.8 Å². The zero-order valence-electron chi connectivity index (χ0n) is 40.3. The van der Waals surface area contributed by atoms with Crippen LogP contribution in [0.5, 0.6) is 0 Å². The molecular weight excluding hydrogens is 815 g/mol. The van der Waals surface area contributed by atoms with Gasteiger partial charge in [0, 0.05) is 52.7 Å². The highest BCUT2D eigenvalue weighted by atomic mass is 16.7. The van der Waals surface area contributed by atoms with Crippen LogP contribution in [-0.4, -0.2) is 116 Å². The van der Waals surface area contributed by atoms with Gasteiger partial charge in [-0.25, -0.2) is 4.79 Å². The van der Waals surface area contributed by atoms with E-state index >= 15 is 0 Å². The normalized spacial score (nSPS) is 36.6. The molecule has 3 fully saturated rings. The maximum atomic E-state index is 14.5. The number of nitrogens with zero attached hydrogens (tertiary/aromatic N) is 1. The molecule has 2 saturated heterocycles. The summed E-state index contributed by atoms with van der Waals surface area (Å²) in [6, 6.07) is 9.38. The molecular formula is C52H79NO11. The zero-order chi connectivity index (χ0) is 46.6. The third-order valence-electron chi connectivity index (χ3n) is 14.5. The van der Waals surface area contributed by atoms with E-state index in [-0.39, 0.29) is 54.6 Å². The van der Waals surface area contributed by atoms with E-state index in [9.17, 15) is 24.3 Å². The minimum absolute atomic E-state index is 0.0126. The molecule has 0 radical (unpaired) electrons. The highest BCUT2D eigenvalue weighted by molar-refractivity contribution is 6.39. The van der Waals surface area contributed by atoms with Crippen molar-refractivity contribution >= 4 is 23.4 Å². The Balaban J connectivity index is 1.41. The molecule has 12 nitrogen and oxygen atoms in total. The van der Waals surface area contributed by atoms with Gasteiger partial charge in [-0.2, -0.15) is 0 Å². The van der Waals surface area contributed by atoms with Gasteiger partial charge in [-0.1, -0.05) is 75.8 Å². The summed E-state index contributed by atoms with van der Waals surface area (Å²) in [5, 5.41) is 12.1. The van der Waals surface area contributed by atoms with Crippen molar-refractivity contribution in [3.63, 3.8) is 0 Å². The molecule has 0 spiro atoms.